The van der Waals surface area contributed by atoms with Crippen LogP contribution in [0.25, 0.3) is 0 Å². The molecule has 0 radical (unpaired) electrons. The monoisotopic (exact) mass is 204 g/mol. The Morgan fingerprint density at radius 1 is 1.46 bits per heavy atom. The van der Waals surface area contributed by atoms with Gasteiger partial charge in [0, 0.05) is 5.69 Å². The molecule has 0 aliphatic carbocycles. The van der Waals surface area contributed by atoms with Crippen LogP contribution in [-0.4, -0.2) is 18.3 Å². The first-order chi connectivity index (χ1) is 5.83. The number of nitrogen functional groups attached to an aromatic ring is 1. The zero-order valence-electron chi connectivity index (χ0n) is 7.06. The minimum Gasteiger partial charge on any atom is -0.399 e. The van der Waals surface area contributed by atoms with Crippen LogP contribution in [0.3, 0.4) is 0 Å². The number of aliphatic hydroxyl groups is 1. The molecule has 0 aromatic heterocycles. The van der Waals surface area contributed by atoms with E-state index < -0.39 is 0 Å². The Kier molecular flexibility index (Phi) is 6.05. The molecule has 0 heterocycles. The van der Waals surface area contributed by atoms with Gasteiger partial charge in [0.15, 0.2) is 0 Å². The second kappa shape index (κ2) is 6.54. The third-order valence-corrected chi connectivity index (χ3v) is 1.27. The van der Waals surface area contributed by atoms with E-state index in [0.717, 1.165) is 5.69 Å². The van der Waals surface area contributed by atoms with Crippen molar-refractivity contribution < 1.29 is 9.94 Å². The molecule has 13 heavy (non-hydrogen) atoms. The maximum Gasteiger partial charge on any atom is 0.0976 e. The van der Waals surface area contributed by atoms with E-state index in [9.17, 15) is 0 Å². The molecule has 0 aliphatic heterocycles. The largest absolute Gasteiger partial charge is 0.399 e. The predicted octanol–water partition coefficient (Wildman–Crippen LogP) is 1.03. The molecule has 0 atom stereocenters. The van der Waals surface area contributed by atoms with E-state index in [2.05, 4.69) is 5.48 Å². The van der Waals surface area contributed by atoms with Gasteiger partial charge in [-0.1, -0.05) is 6.07 Å². The lowest BCUT2D eigenvalue weighted by atomic mass is 10.3. The highest BCUT2D eigenvalue weighted by Gasteiger charge is 1.90. The van der Waals surface area contributed by atoms with Crippen molar-refractivity contribution in [2.45, 2.75) is 0 Å². The lowest BCUT2D eigenvalue weighted by Crippen LogP contribution is -2.05. The van der Waals surface area contributed by atoms with Crippen molar-refractivity contribution in [3.05, 3.63) is 24.3 Å². The molecule has 0 unspecified atom stereocenters. The van der Waals surface area contributed by atoms with Gasteiger partial charge in [0.25, 0.3) is 0 Å². The fourth-order valence-electron chi connectivity index (χ4n) is 0.782. The summed E-state index contributed by atoms with van der Waals surface area (Å²) in [7, 11) is 0. The first kappa shape index (κ1) is 12.0. The number of nitrogens with one attached hydrogen (secondary N) is 1. The molecule has 1 aromatic carbocycles. The lowest BCUT2D eigenvalue weighted by molar-refractivity contribution is 0.133. The molecule has 0 amide bonds. The molecule has 0 spiro atoms. The summed E-state index contributed by atoms with van der Waals surface area (Å²) < 4.78 is 0. The number of anilines is 2. The molecule has 0 saturated carbocycles. The van der Waals surface area contributed by atoms with E-state index in [4.69, 9.17) is 15.7 Å². The Morgan fingerprint density at radius 2 is 2.23 bits per heavy atom. The third kappa shape index (κ3) is 4.57. The highest BCUT2D eigenvalue weighted by atomic mass is 35.5. The lowest BCUT2D eigenvalue weighted by Gasteiger charge is -2.05. The van der Waals surface area contributed by atoms with Crippen LogP contribution in [0.1, 0.15) is 0 Å². The summed E-state index contributed by atoms with van der Waals surface area (Å²) in [5.74, 6) is 0. The molecule has 74 valence electrons. The summed E-state index contributed by atoms with van der Waals surface area (Å²) in [4.78, 5) is 4.87. The number of hydrogen-bond acceptors (Lipinski definition) is 4. The van der Waals surface area contributed by atoms with Gasteiger partial charge in [-0.3, -0.25) is 10.3 Å². The highest BCUT2D eigenvalue weighted by Crippen LogP contribution is 2.11. The molecule has 0 aliphatic rings. The molecule has 1 rings (SSSR count). The summed E-state index contributed by atoms with van der Waals surface area (Å²) >= 11 is 0. The van der Waals surface area contributed by atoms with Gasteiger partial charge in [-0.2, -0.15) is 0 Å². The van der Waals surface area contributed by atoms with Gasteiger partial charge < -0.3 is 10.8 Å². The van der Waals surface area contributed by atoms with Crippen molar-refractivity contribution in [1.82, 2.24) is 0 Å². The maximum absolute atomic E-state index is 8.41. The molecule has 5 heteroatoms. The van der Waals surface area contributed by atoms with Crippen molar-refractivity contribution >= 4 is 23.8 Å². The fraction of sp³-hybridized carbons (Fsp3) is 0.250. The summed E-state index contributed by atoms with van der Waals surface area (Å²) in [5, 5.41) is 8.41. The van der Waals surface area contributed by atoms with Crippen molar-refractivity contribution in [2.24, 2.45) is 0 Å². The molecule has 0 bridgehead atoms. The van der Waals surface area contributed by atoms with Crippen molar-refractivity contribution in [2.75, 3.05) is 24.4 Å². The zero-order chi connectivity index (χ0) is 8.81. The van der Waals surface area contributed by atoms with Crippen LogP contribution >= 0.6 is 12.4 Å². The Morgan fingerprint density at radius 3 is 2.85 bits per heavy atom. The van der Waals surface area contributed by atoms with Crippen LogP contribution in [0, 0.1) is 0 Å². The Hall–Kier alpha value is -0.970. The molecule has 4 N–H and O–H groups in total. The van der Waals surface area contributed by atoms with E-state index in [-0.39, 0.29) is 25.6 Å². The van der Waals surface area contributed by atoms with E-state index in [1.54, 1.807) is 12.1 Å². The van der Waals surface area contributed by atoms with Gasteiger partial charge in [-0.15, -0.1) is 12.4 Å². The fourth-order valence-corrected chi connectivity index (χ4v) is 0.782. The number of halogens is 1. The number of aliphatic hydroxyl groups excluding tert-OH is 1. The minimum absolute atomic E-state index is 0. The Labute approximate surface area is 83.1 Å². The van der Waals surface area contributed by atoms with Crippen molar-refractivity contribution in [1.29, 1.82) is 0 Å². The van der Waals surface area contributed by atoms with Crippen LogP contribution in [0.5, 0.6) is 0 Å². The van der Waals surface area contributed by atoms with Gasteiger partial charge in [0.1, 0.15) is 0 Å². The average molecular weight is 205 g/mol. The number of benzene rings is 1. The van der Waals surface area contributed by atoms with Crippen LogP contribution in [0.2, 0.25) is 0 Å². The van der Waals surface area contributed by atoms with Crippen LogP contribution in [0.4, 0.5) is 11.4 Å². The number of nitrogens with two attached hydrogens (primary N) is 1. The second-order valence-electron chi connectivity index (χ2n) is 2.30. The summed E-state index contributed by atoms with van der Waals surface area (Å²) in [5.41, 5.74) is 9.62. The summed E-state index contributed by atoms with van der Waals surface area (Å²) in [6.45, 7) is 0.254. The quantitative estimate of drug-likeness (QED) is 0.389. The standard InChI is InChI=1S/C8H12N2O2.ClH/c9-7-2-1-3-8(6-7)10-12-5-4-11;/h1-3,6,10-11H,4-5,9H2;1H. The number of hydrogen-bond donors (Lipinski definition) is 3. The topological polar surface area (TPSA) is 67.5 Å². The molecule has 4 nitrogen and oxygen atoms in total. The normalized spacial score (nSPS) is 9.00. The molecule has 0 fully saturated rings. The summed E-state index contributed by atoms with van der Waals surface area (Å²) in [6.07, 6.45) is 0. The van der Waals surface area contributed by atoms with Crippen LogP contribution in [0.15, 0.2) is 24.3 Å². The SMILES string of the molecule is Cl.Nc1cccc(NOCCO)c1. The van der Waals surface area contributed by atoms with E-state index in [1.807, 2.05) is 12.1 Å². The van der Waals surface area contributed by atoms with Gasteiger partial charge in [0.2, 0.25) is 0 Å². The Balaban J connectivity index is 0.00000144. The van der Waals surface area contributed by atoms with Crippen LogP contribution in [-0.2, 0) is 4.84 Å². The third-order valence-electron chi connectivity index (χ3n) is 1.27. The van der Waals surface area contributed by atoms with Gasteiger partial charge in [-0.05, 0) is 18.2 Å². The maximum atomic E-state index is 8.41. The molecule has 1 aromatic rings. The first-order valence-corrected chi connectivity index (χ1v) is 3.67. The first-order valence-electron chi connectivity index (χ1n) is 3.67. The minimum atomic E-state index is -0.00465. The Bertz CT molecular complexity index is 245. The smallest absolute Gasteiger partial charge is 0.0976 e. The molecular formula is C8H13ClN2O2. The van der Waals surface area contributed by atoms with Gasteiger partial charge in [-0.25, -0.2) is 0 Å². The van der Waals surface area contributed by atoms with Crippen LogP contribution < -0.4 is 11.2 Å². The zero-order valence-corrected chi connectivity index (χ0v) is 7.88. The van der Waals surface area contributed by atoms with Gasteiger partial charge in [0.05, 0.1) is 18.9 Å². The summed E-state index contributed by atoms with van der Waals surface area (Å²) in [6, 6.07) is 7.18. The van der Waals surface area contributed by atoms with Gasteiger partial charge >= 0.3 is 0 Å². The van der Waals surface area contributed by atoms with E-state index in [0.29, 0.717) is 5.69 Å². The van der Waals surface area contributed by atoms with E-state index in [1.165, 1.54) is 0 Å². The van der Waals surface area contributed by atoms with Crippen molar-refractivity contribution in [3.8, 4) is 0 Å². The highest BCUT2D eigenvalue weighted by molar-refractivity contribution is 5.85. The average Bonchev–Trinajstić information content (AvgIpc) is 2.05. The second-order valence-corrected chi connectivity index (χ2v) is 2.30. The van der Waals surface area contributed by atoms with Crippen molar-refractivity contribution in [3.63, 3.8) is 0 Å². The molecule has 0 saturated heterocycles. The number of rotatable bonds is 4. The van der Waals surface area contributed by atoms with E-state index >= 15 is 0 Å². The molecular weight excluding hydrogens is 192 g/mol. The predicted molar refractivity (Wildman–Crippen MR) is 54.8 cm³/mol.